The fraction of sp³-hybridized carbons (Fsp3) is 0.471. The van der Waals surface area contributed by atoms with Gasteiger partial charge in [-0.3, -0.25) is 5.10 Å². The highest BCUT2D eigenvalue weighted by Crippen LogP contribution is 2.27. The molecule has 3 aromatic heterocycles. The van der Waals surface area contributed by atoms with Gasteiger partial charge in [-0.25, -0.2) is 15.0 Å². The van der Waals surface area contributed by atoms with Crippen molar-refractivity contribution in [3.8, 4) is 0 Å². The molecule has 1 aliphatic heterocycles. The highest BCUT2D eigenvalue weighted by Gasteiger charge is 2.26. The number of rotatable bonds is 4. The van der Waals surface area contributed by atoms with Crippen LogP contribution in [0.1, 0.15) is 12.8 Å². The van der Waals surface area contributed by atoms with Crippen LogP contribution in [0.25, 0.3) is 11.0 Å². The summed E-state index contributed by atoms with van der Waals surface area (Å²) >= 11 is 0. The topological polar surface area (TPSA) is 90.0 Å². The summed E-state index contributed by atoms with van der Waals surface area (Å²) in [5, 5.41) is 7.98. The highest BCUT2D eigenvalue weighted by molar-refractivity contribution is 5.86. The molecule has 1 aliphatic rings. The van der Waals surface area contributed by atoms with Crippen LogP contribution in [0.3, 0.4) is 0 Å². The van der Waals surface area contributed by atoms with Crippen LogP contribution in [0.5, 0.6) is 0 Å². The molecule has 4 rings (SSSR count). The minimum atomic E-state index is 0.352. The van der Waals surface area contributed by atoms with Gasteiger partial charge in [-0.15, -0.1) is 0 Å². The highest BCUT2D eigenvalue weighted by atomic mass is 15.3. The number of hydrogen-bond donors (Lipinski definition) is 1. The van der Waals surface area contributed by atoms with Crippen LogP contribution in [0.15, 0.2) is 24.8 Å². The molecule has 0 bridgehead atoms. The first-order valence-corrected chi connectivity index (χ1v) is 8.75. The molecule has 1 saturated heterocycles. The Morgan fingerprint density at radius 1 is 1.19 bits per heavy atom. The second-order valence-corrected chi connectivity index (χ2v) is 6.79. The zero-order valence-electron chi connectivity index (χ0n) is 15.3. The first-order chi connectivity index (χ1) is 12.6. The largest absolute Gasteiger partial charge is 0.355 e. The normalized spacial score (nSPS) is 17.5. The molecule has 1 fully saturated rings. The summed E-state index contributed by atoms with van der Waals surface area (Å²) in [7, 11) is 6.00. The van der Waals surface area contributed by atoms with Crippen molar-refractivity contribution in [2.45, 2.75) is 18.9 Å². The zero-order valence-corrected chi connectivity index (χ0v) is 15.3. The maximum Gasteiger partial charge on any atom is 0.226 e. The standard InChI is InChI=1S/C17H23N9/c1-24(2)17-18-7-6-14(22-17)25(3)12-5-4-8-26(10-12)16-13-9-21-23-15(13)19-11-20-16/h6-7,9,11-12H,4-5,8,10H2,1-3H3,(H,19,20,21,23). The number of piperidine rings is 1. The number of anilines is 3. The molecule has 0 aromatic carbocycles. The van der Waals surface area contributed by atoms with E-state index in [1.807, 2.05) is 31.3 Å². The van der Waals surface area contributed by atoms with Crippen molar-refractivity contribution < 1.29 is 0 Å². The van der Waals surface area contributed by atoms with Crippen LogP contribution in [0.2, 0.25) is 0 Å². The lowest BCUT2D eigenvalue weighted by molar-refractivity contribution is 0.484. The number of aromatic amines is 1. The summed E-state index contributed by atoms with van der Waals surface area (Å²) in [6.45, 7) is 1.86. The van der Waals surface area contributed by atoms with Crippen LogP contribution in [0, 0.1) is 0 Å². The van der Waals surface area contributed by atoms with Gasteiger partial charge >= 0.3 is 0 Å². The average molecular weight is 353 g/mol. The van der Waals surface area contributed by atoms with E-state index in [0.717, 1.165) is 54.5 Å². The quantitative estimate of drug-likeness (QED) is 0.751. The SMILES string of the molecule is CN(C)c1nccc(N(C)C2CCCN(c3ncnc4[nH]ncc34)C2)n1. The van der Waals surface area contributed by atoms with E-state index in [1.54, 1.807) is 12.5 Å². The van der Waals surface area contributed by atoms with Crippen molar-refractivity contribution in [1.29, 1.82) is 0 Å². The number of H-pyrrole nitrogens is 1. The van der Waals surface area contributed by atoms with E-state index in [2.05, 4.69) is 47.0 Å². The molecule has 0 radical (unpaired) electrons. The predicted molar refractivity (Wildman–Crippen MR) is 102 cm³/mol. The lowest BCUT2D eigenvalue weighted by Crippen LogP contribution is -2.47. The fourth-order valence-corrected chi connectivity index (χ4v) is 3.41. The molecule has 0 saturated carbocycles. The molecule has 0 spiro atoms. The number of likely N-dealkylation sites (N-methyl/N-ethyl adjacent to an activating group) is 1. The van der Waals surface area contributed by atoms with Crippen LogP contribution in [-0.4, -0.2) is 70.4 Å². The summed E-state index contributed by atoms with van der Waals surface area (Å²) in [6.07, 6.45) is 7.43. The van der Waals surface area contributed by atoms with E-state index in [0.29, 0.717) is 6.04 Å². The molecule has 0 amide bonds. The number of hydrogen-bond acceptors (Lipinski definition) is 8. The number of aromatic nitrogens is 6. The maximum atomic E-state index is 4.67. The third kappa shape index (κ3) is 3.00. The Morgan fingerprint density at radius 2 is 2.08 bits per heavy atom. The second kappa shape index (κ2) is 6.74. The molecule has 3 aromatic rings. The van der Waals surface area contributed by atoms with Gasteiger partial charge in [0.25, 0.3) is 0 Å². The smallest absolute Gasteiger partial charge is 0.226 e. The Morgan fingerprint density at radius 3 is 2.92 bits per heavy atom. The van der Waals surface area contributed by atoms with E-state index in [4.69, 9.17) is 0 Å². The lowest BCUT2D eigenvalue weighted by Gasteiger charge is -2.38. The minimum absolute atomic E-state index is 0.352. The van der Waals surface area contributed by atoms with Crippen molar-refractivity contribution in [3.63, 3.8) is 0 Å². The van der Waals surface area contributed by atoms with Crippen molar-refractivity contribution in [2.24, 2.45) is 0 Å². The molecular formula is C17H23N9. The molecule has 9 nitrogen and oxygen atoms in total. The second-order valence-electron chi connectivity index (χ2n) is 6.79. The van der Waals surface area contributed by atoms with Gasteiger partial charge in [-0.05, 0) is 18.9 Å². The Hall–Kier alpha value is -2.97. The van der Waals surface area contributed by atoms with E-state index < -0.39 is 0 Å². The first-order valence-electron chi connectivity index (χ1n) is 8.75. The summed E-state index contributed by atoms with van der Waals surface area (Å²) in [5.41, 5.74) is 0.775. The molecular weight excluding hydrogens is 330 g/mol. The lowest BCUT2D eigenvalue weighted by atomic mass is 10.0. The van der Waals surface area contributed by atoms with Gasteiger partial charge in [-0.2, -0.15) is 10.1 Å². The van der Waals surface area contributed by atoms with E-state index in [-0.39, 0.29) is 0 Å². The predicted octanol–water partition coefficient (Wildman–Crippen LogP) is 1.31. The Labute approximate surface area is 152 Å². The summed E-state index contributed by atoms with van der Waals surface area (Å²) < 4.78 is 0. The molecule has 136 valence electrons. The van der Waals surface area contributed by atoms with Gasteiger partial charge in [0, 0.05) is 46.5 Å². The first kappa shape index (κ1) is 16.5. The maximum absolute atomic E-state index is 4.67. The average Bonchev–Trinajstić information content (AvgIpc) is 3.16. The monoisotopic (exact) mass is 353 g/mol. The Kier molecular flexibility index (Phi) is 4.27. The third-order valence-electron chi connectivity index (χ3n) is 4.86. The molecule has 4 heterocycles. The van der Waals surface area contributed by atoms with Crippen molar-refractivity contribution in [1.82, 2.24) is 30.1 Å². The minimum Gasteiger partial charge on any atom is -0.355 e. The summed E-state index contributed by atoms with van der Waals surface area (Å²) in [5.74, 6) is 2.60. The Balaban J connectivity index is 1.57. The fourth-order valence-electron chi connectivity index (χ4n) is 3.41. The molecule has 1 atom stereocenters. The Bertz CT molecular complexity index is 891. The zero-order chi connectivity index (χ0) is 18.1. The van der Waals surface area contributed by atoms with E-state index in [1.165, 1.54) is 0 Å². The number of nitrogens with zero attached hydrogens (tertiary/aromatic N) is 8. The van der Waals surface area contributed by atoms with Gasteiger partial charge in [0.05, 0.1) is 11.6 Å². The van der Waals surface area contributed by atoms with Crippen molar-refractivity contribution in [3.05, 3.63) is 24.8 Å². The van der Waals surface area contributed by atoms with E-state index in [9.17, 15) is 0 Å². The van der Waals surface area contributed by atoms with Gasteiger partial charge in [-0.1, -0.05) is 0 Å². The van der Waals surface area contributed by atoms with Crippen LogP contribution < -0.4 is 14.7 Å². The number of fused-ring (bicyclic) bond motifs is 1. The van der Waals surface area contributed by atoms with Crippen LogP contribution in [0.4, 0.5) is 17.6 Å². The molecule has 1 N–H and O–H groups in total. The van der Waals surface area contributed by atoms with Crippen LogP contribution in [-0.2, 0) is 0 Å². The number of nitrogens with one attached hydrogen (secondary N) is 1. The van der Waals surface area contributed by atoms with E-state index >= 15 is 0 Å². The summed E-state index contributed by atoms with van der Waals surface area (Å²) in [4.78, 5) is 24.2. The van der Waals surface area contributed by atoms with Gasteiger partial charge in [0.15, 0.2) is 5.65 Å². The van der Waals surface area contributed by atoms with Crippen molar-refractivity contribution >= 4 is 28.6 Å². The third-order valence-corrected chi connectivity index (χ3v) is 4.86. The van der Waals surface area contributed by atoms with Gasteiger partial charge in [0.2, 0.25) is 5.95 Å². The molecule has 0 aliphatic carbocycles. The van der Waals surface area contributed by atoms with Gasteiger partial charge in [0.1, 0.15) is 18.0 Å². The molecule has 9 heteroatoms. The summed E-state index contributed by atoms with van der Waals surface area (Å²) in [6, 6.07) is 2.32. The molecule has 26 heavy (non-hydrogen) atoms. The van der Waals surface area contributed by atoms with Crippen LogP contribution >= 0.6 is 0 Å². The van der Waals surface area contributed by atoms with Gasteiger partial charge < -0.3 is 14.7 Å². The molecule has 1 unspecified atom stereocenters. The van der Waals surface area contributed by atoms with Crippen molar-refractivity contribution in [2.75, 3.05) is 48.9 Å².